The molecular formula is C16H24N4O4. The number of aliphatic hydroxyl groups excluding tert-OH is 2. The second kappa shape index (κ2) is 7.87. The molecule has 132 valence electrons. The number of aromatic nitrogens is 2. The number of aliphatic imine (C=N–C) groups is 1. The second-order valence-electron chi connectivity index (χ2n) is 6.31. The van der Waals surface area contributed by atoms with E-state index < -0.39 is 18.0 Å². The number of nitrogens with zero attached hydrogens (tertiary/aromatic N) is 4. The number of aliphatic hydroxyl groups is 2. The van der Waals surface area contributed by atoms with E-state index in [4.69, 9.17) is 4.74 Å². The summed E-state index contributed by atoms with van der Waals surface area (Å²) in [6.07, 6.45) is 6.44. The minimum atomic E-state index is -0.514. The predicted octanol–water partition coefficient (Wildman–Crippen LogP) is 0.277. The van der Waals surface area contributed by atoms with Crippen LogP contribution in [-0.2, 0) is 4.74 Å². The minimum absolute atomic E-state index is 0.0812. The van der Waals surface area contributed by atoms with E-state index in [1.807, 2.05) is 0 Å². The van der Waals surface area contributed by atoms with Gasteiger partial charge in [-0.1, -0.05) is 0 Å². The fourth-order valence-electron chi connectivity index (χ4n) is 3.21. The van der Waals surface area contributed by atoms with Crippen molar-refractivity contribution in [3.63, 3.8) is 0 Å². The maximum Gasteiger partial charge on any atom is 0.351 e. The Labute approximate surface area is 140 Å². The molecule has 24 heavy (non-hydrogen) atoms. The lowest BCUT2D eigenvalue weighted by Gasteiger charge is -2.23. The van der Waals surface area contributed by atoms with E-state index in [0.717, 1.165) is 25.9 Å². The predicted molar refractivity (Wildman–Crippen MR) is 88.3 cm³/mol. The molecule has 2 aliphatic heterocycles. The van der Waals surface area contributed by atoms with Crippen molar-refractivity contribution in [1.29, 1.82) is 0 Å². The lowest BCUT2D eigenvalue weighted by Crippen LogP contribution is -2.28. The topological polar surface area (TPSA) is 100 Å². The van der Waals surface area contributed by atoms with Gasteiger partial charge in [-0.2, -0.15) is 4.98 Å². The van der Waals surface area contributed by atoms with Crippen LogP contribution in [-0.4, -0.2) is 63.4 Å². The summed E-state index contributed by atoms with van der Waals surface area (Å²) in [5, 5.41) is 18.6. The largest absolute Gasteiger partial charge is 0.396 e. The summed E-state index contributed by atoms with van der Waals surface area (Å²) in [6.45, 7) is 1.72. The first kappa shape index (κ1) is 17.1. The smallest absolute Gasteiger partial charge is 0.351 e. The molecule has 0 unspecified atom stereocenters. The molecule has 8 nitrogen and oxygen atoms in total. The fraction of sp³-hybridized carbons (Fsp3) is 0.688. The Morgan fingerprint density at radius 3 is 2.71 bits per heavy atom. The molecule has 1 aromatic heterocycles. The minimum Gasteiger partial charge on any atom is -0.396 e. The van der Waals surface area contributed by atoms with E-state index in [1.54, 1.807) is 18.6 Å². The molecule has 0 amide bonds. The van der Waals surface area contributed by atoms with Gasteiger partial charge in [0.05, 0.1) is 19.0 Å². The van der Waals surface area contributed by atoms with E-state index in [2.05, 4.69) is 14.9 Å². The first-order chi connectivity index (χ1) is 11.7. The Morgan fingerprint density at radius 2 is 2.08 bits per heavy atom. The average Bonchev–Trinajstić information content (AvgIpc) is 3.04. The monoisotopic (exact) mass is 336 g/mol. The van der Waals surface area contributed by atoms with Crippen molar-refractivity contribution in [3.8, 4) is 0 Å². The Morgan fingerprint density at radius 1 is 1.29 bits per heavy atom. The molecule has 8 heteroatoms. The van der Waals surface area contributed by atoms with Crippen LogP contribution in [0.25, 0.3) is 0 Å². The van der Waals surface area contributed by atoms with Crippen LogP contribution in [0, 0.1) is 5.92 Å². The molecular weight excluding hydrogens is 312 g/mol. The lowest BCUT2D eigenvalue weighted by atomic mass is 10.0. The first-order valence-corrected chi connectivity index (χ1v) is 8.46. The van der Waals surface area contributed by atoms with Crippen LogP contribution in [0.3, 0.4) is 0 Å². The number of ether oxygens (including phenoxy) is 1. The van der Waals surface area contributed by atoms with Crippen molar-refractivity contribution < 1.29 is 14.9 Å². The quantitative estimate of drug-likeness (QED) is 0.592. The van der Waals surface area contributed by atoms with Crippen LogP contribution in [0.15, 0.2) is 22.1 Å². The van der Waals surface area contributed by atoms with Gasteiger partial charge in [-0.05, 0) is 25.3 Å². The molecule has 0 bridgehead atoms. The normalized spacial score (nSPS) is 27.9. The van der Waals surface area contributed by atoms with Gasteiger partial charge < -0.3 is 19.8 Å². The van der Waals surface area contributed by atoms with Crippen LogP contribution in [0.2, 0.25) is 0 Å². The molecule has 2 saturated heterocycles. The summed E-state index contributed by atoms with van der Waals surface area (Å²) in [5.74, 6) is 0.195. The zero-order valence-electron chi connectivity index (χ0n) is 13.6. The van der Waals surface area contributed by atoms with Crippen LogP contribution in [0.4, 0.5) is 5.82 Å². The van der Waals surface area contributed by atoms with Gasteiger partial charge in [0, 0.05) is 38.2 Å². The van der Waals surface area contributed by atoms with Crippen LogP contribution in [0.1, 0.15) is 31.9 Å². The third-order valence-corrected chi connectivity index (χ3v) is 4.65. The highest BCUT2D eigenvalue weighted by molar-refractivity contribution is 5.59. The number of piperidine rings is 1. The molecule has 2 fully saturated rings. The van der Waals surface area contributed by atoms with Crippen molar-refractivity contribution in [1.82, 2.24) is 14.5 Å². The second-order valence-corrected chi connectivity index (χ2v) is 6.31. The van der Waals surface area contributed by atoms with Gasteiger partial charge in [0.15, 0.2) is 5.82 Å². The zero-order valence-corrected chi connectivity index (χ0v) is 13.6. The van der Waals surface area contributed by atoms with Crippen LogP contribution >= 0.6 is 0 Å². The average molecular weight is 336 g/mol. The number of hydrogen-bond donors (Lipinski definition) is 2. The Balaban J connectivity index is 1.69. The molecule has 3 rings (SSSR count). The Bertz CT molecular complexity index is 615. The van der Waals surface area contributed by atoms with Gasteiger partial charge >= 0.3 is 5.69 Å². The number of rotatable bonds is 5. The molecule has 1 aromatic rings. The van der Waals surface area contributed by atoms with Crippen molar-refractivity contribution in [2.24, 2.45) is 10.9 Å². The Hall–Kier alpha value is -1.77. The molecule has 0 spiro atoms. The van der Waals surface area contributed by atoms with E-state index in [0.29, 0.717) is 12.2 Å². The van der Waals surface area contributed by atoms with Crippen molar-refractivity contribution in [2.75, 3.05) is 26.3 Å². The molecule has 0 saturated carbocycles. The molecule has 0 aromatic carbocycles. The van der Waals surface area contributed by atoms with Gasteiger partial charge in [0.2, 0.25) is 0 Å². The van der Waals surface area contributed by atoms with Gasteiger partial charge in [0.1, 0.15) is 6.23 Å². The molecule has 2 N–H and O–H groups in total. The summed E-state index contributed by atoms with van der Waals surface area (Å²) in [6, 6.07) is 1.67. The highest BCUT2D eigenvalue weighted by atomic mass is 16.5. The van der Waals surface area contributed by atoms with Crippen LogP contribution < -0.4 is 5.69 Å². The maximum absolute atomic E-state index is 12.2. The first-order valence-electron chi connectivity index (χ1n) is 8.46. The molecule has 3 atom stereocenters. The summed E-state index contributed by atoms with van der Waals surface area (Å²) >= 11 is 0. The highest BCUT2D eigenvalue weighted by Crippen LogP contribution is 2.32. The molecule has 2 aliphatic rings. The molecule has 0 aliphatic carbocycles. The van der Waals surface area contributed by atoms with E-state index >= 15 is 0 Å². The number of likely N-dealkylation sites (tertiary alicyclic amines) is 1. The van der Waals surface area contributed by atoms with Gasteiger partial charge in [-0.15, -0.1) is 0 Å². The molecule has 0 radical (unpaired) electrons. The SMILES string of the molecule is O=c1nc(N=CN2CCCCC2)ccn1[C@H]1C[C@H](CO)[C@@H](CO)O1. The van der Waals surface area contributed by atoms with Crippen LogP contribution in [0.5, 0.6) is 0 Å². The van der Waals surface area contributed by atoms with E-state index in [1.165, 1.54) is 11.0 Å². The van der Waals surface area contributed by atoms with E-state index in [9.17, 15) is 15.0 Å². The standard InChI is InChI=1S/C16H24N4O4/c21-9-12-8-15(24-13(12)10-22)20-7-4-14(18-16(20)23)17-11-19-5-2-1-3-6-19/h4,7,11-13,15,21-22H,1-3,5-6,8-10H2/t12-,13-,15-/m1/s1. The highest BCUT2D eigenvalue weighted by Gasteiger charge is 2.35. The summed E-state index contributed by atoms with van der Waals surface area (Å²) < 4.78 is 7.03. The van der Waals surface area contributed by atoms with Crippen molar-refractivity contribution in [2.45, 2.75) is 38.0 Å². The fourth-order valence-corrected chi connectivity index (χ4v) is 3.21. The van der Waals surface area contributed by atoms with Crippen molar-refractivity contribution >= 4 is 12.2 Å². The summed E-state index contributed by atoms with van der Waals surface area (Å²) in [5.41, 5.74) is -0.441. The van der Waals surface area contributed by atoms with Gasteiger partial charge in [0.25, 0.3) is 0 Å². The van der Waals surface area contributed by atoms with Crippen molar-refractivity contribution in [3.05, 3.63) is 22.7 Å². The van der Waals surface area contributed by atoms with Gasteiger partial charge in [-0.25, -0.2) is 9.79 Å². The summed E-state index contributed by atoms with van der Waals surface area (Å²) in [7, 11) is 0. The van der Waals surface area contributed by atoms with E-state index in [-0.39, 0.29) is 19.1 Å². The third-order valence-electron chi connectivity index (χ3n) is 4.65. The molecule has 3 heterocycles. The Kier molecular flexibility index (Phi) is 5.60. The lowest BCUT2D eigenvalue weighted by molar-refractivity contribution is -0.0365. The maximum atomic E-state index is 12.2. The van der Waals surface area contributed by atoms with Gasteiger partial charge in [-0.3, -0.25) is 4.57 Å². The zero-order chi connectivity index (χ0) is 16.9. The summed E-state index contributed by atoms with van der Waals surface area (Å²) in [4.78, 5) is 22.6. The number of hydrogen-bond acceptors (Lipinski definition) is 6. The third kappa shape index (κ3) is 3.82.